The van der Waals surface area contributed by atoms with E-state index in [-0.39, 0.29) is 12.5 Å². The van der Waals surface area contributed by atoms with Crippen LogP contribution in [0, 0.1) is 6.92 Å². The predicted molar refractivity (Wildman–Crippen MR) is 97.0 cm³/mol. The molecule has 2 heterocycles. The number of ether oxygens (including phenoxy) is 1. The van der Waals surface area contributed by atoms with Gasteiger partial charge < -0.3 is 9.64 Å². The molecule has 0 radical (unpaired) electrons. The summed E-state index contributed by atoms with van der Waals surface area (Å²) in [7, 11) is 1.62. The van der Waals surface area contributed by atoms with Crippen LogP contribution in [0.5, 0.6) is 0 Å². The molecule has 1 aromatic carbocycles. The molecule has 0 bridgehead atoms. The molecule has 1 aliphatic heterocycles. The molecule has 1 fully saturated rings. The summed E-state index contributed by atoms with van der Waals surface area (Å²) in [6, 6.07) is 7.86. The molecule has 8 heteroatoms. The molecule has 0 aliphatic carbocycles. The third-order valence-corrected chi connectivity index (χ3v) is 4.46. The van der Waals surface area contributed by atoms with Gasteiger partial charge in [-0.1, -0.05) is 18.2 Å². The minimum Gasteiger partial charge on any atom is -0.433 e. The van der Waals surface area contributed by atoms with E-state index in [0.29, 0.717) is 6.54 Å². The summed E-state index contributed by atoms with van der Waals surface area (Å²) in [5, 5.41) is 4.35. The number of amides is 3. The first-order valence-electron chi connectivity index (χ1n) is 8.57. The number of likely N-dealkylation sites (N-methyl/N-ethyl adjacent to an activating group) is 1. The summed E-state index contributed by atoms with van der Waals surface area (Å²) in [5.41, 5.74) is 1.66. The molecule has 1 aromatic heterocycles. The van der Waals surface area contributed by atoms with Gasteiger partial charge in [-0.05, 0) is 32.4 Å². The van der Waals surface area contributed by atoms with Crippen molar-refractivity contribution in [3.05, 3.63) is 47.8 Å². The molecule has 3 amide bonds. The third-order valence-electron chi connectivity index (χ3n) is 4.46. The fraction of sp³-hybridized carbons (Fsp3) is 0.368. The zero-order valence-electron chi connectivity index (χ0n) is 15.8. The van der Waals surface area contributed by atoms with Gasteiger partial charge in [0, 0.05) is 25.4 Å². The summed E-state index contributed by atoms with van der Waals surface area (Å²) in [5.74, 6) is -0.872. The molecule has 1 aliphatic rings. The third kappa shape index (κ3) is 3.69. The summed E-state index contributed by atoms with van der Waals surface area (Å²) in [4.78, 5) is 38.7. The van der Waals surface area contributed by atoms with Gasteiger partial charge in [0.15, 0.2) is 5.60 Å². The number of para-hydroxylation sites is 1. The number of hydrogen-bond acceptors (Lipinski definition) is 5. The van der Waals surface area contributed by atoms with Crippen molar-refractivity contribution in [1.82, 2.24) is 19.6 Å². The largest absolute Gasteiger partial charge is 0.433 e. The quantitative estimate of drug-likeness (QED) is 0.802. The second-order valence-electron chi connectivity index (χ2n) is 7.10. The second kappa shape index (κ2) is 6.86. The monoisotopic (exact) mass is 370 g/mol. The highest BCUT2D eigenvalue weighted by molar-refractivity contribution is 6.04. The smallest absolute Gasteiger partial charge is 0.418 e. The highest BCUT2D eigenvalue weighted by atomic mass is 16.6. The van der Waals surface area contributed by atoms with E-state index >= 15 is 0 Å². The summed E-state index contributed by atoms with van der Waals surface area (Å²) in [6.07, 6.45) is 2.75. The van der Waals surface area contributed by atoms with Crippen LogP contribution < -0.4 is 0 Å². The average Bonchev–Trinajstić information content (AvgIpc) is 3.13. The van der Waals surface area contributed by atoms with Gasteiger partial charge in [-0.3, -0.25) is 9.59 Å². The van der Waals surface area contributed by atoms with E-state index < -0.39 is 17.6 Å². The van der Waals surface area contributed by atoms with Crippen molar-refractivity contribution in [1.29, 1.82) is 0 Å². The Bertz CT molecular complexity index is 903. The fourth-order valence-electron chi connectivity index (χ4n) is 2.87. The van der Waals surface area contributed by atoms with Gasteiger partial charge in [0.25, 0.3) is 5.91 Å². The number of carbonyl (C=O) groups is 3. The van der Waals surface area contributed by atoms with Crippen molar-refractivity contribution in [3.8, 4) is 5.69 Å². The highest BCUT2D eigenvalue weighted by Crippen LogP contribution is 2.23. The second-order valence-corrected chi connectivity index (χ2v) is 7.10. The Morgan fingerprint density at radius 1 is 1.26 bits per heavy atom. The van der Waals surface area contributed by atoms with Gasteiger partial charge in [-0.25, -0.2) is 14.4 Å². The van der Waals surface area contributed by atoms with E-state index in [1.807, 2.05) is 37.4 Å². The Morgan fingerprint density at radius 2 is 1.96 bits per heavy atom. The maximum atomic E-state index is 12.4. The lowest BCUT2D eigenvalue weighted by molar-refractivity contribution is -0.139. The number of rotatable bonds is 5. The van der Waals surface area contributed by atoms with Crippen LogP contribution in [-0.4, -0.2) is 56.7 Å². The molecule has 8 nitrogen and oxygen atoms in total. The lowest BCUT2D eigenvalue weighted by Crippen LogP contribution is -2.43. The molecule has 0 N–H and O–H groups in total. The lowest BCUT2D eigenvalue weighted by Gasteiger charge is -2.19. The number of imide groups is 1. The fourth-order valence-corrected chi connectivity index (χ4v) is 2.87. The molecule has 0 saturated carbocycles. The van der Waals surface area contributed by atoms with Crippen LogP contribution in [-0.2, 0) is 20.9 Å². The van der Waals surface area contributed by atoms with Crippen molar-refractivity contribution in [2.75, 3.05) is 13.6 Å². The van der Waals surface area contributed by atoms with Crippen molar-refractivity contribution < 1.29 is 19.1 Å². The molecule has 0 unspecified atom stereocenters. The molecule has 0 spiro atoms. The predicted octanol–water partition coefficient (Wildman–Crippen LogP) is 1.90. The van der Waals surface area contributed by atoms with Crippen molar-refractivity contribution >= 4 is 17.9 Å². The topological polar surface area (TPSA) is 84.7 Å². The van der Waals surface area contributed by atoms with E-state index in [1.165, 1.54) is 18.7 Å². The standard InChI is InChI=1S/C19H22N4O4/c1-13-7-5-6-8-15(13)23-11-14(9-20-23)10-21(4)16(24)12-22-17(25)19(2,3)27-18(22)26/h5-9,11H,10,12H2,1-4H3. The number of aryl methyl sites for hydroxylation is 1. The summed E-state index contributed by atoms with van der Waals surface area (Å²) < 4.78 is 6.75. The number of aromatic nitrogens is 2. The zero-order chi connectivity index (χ0) is 19.8. The number of cyclic esters (lactones) is 1. The van der Waals surface area contributed by atoms with Crippen LogP contribution in [0.1, 0.15) is 25.0 Å². The van der Waals surface area contributed by atoms with E-state index in [9.17, 15) is 14.4 Å². The molecule has 3 rings (SSSR count). The normalized spacial score (nSPS) is 15.8. The Hall–Kier alpha value is -3.16. The van der Waals surface area contributed by atoms with Crippen LogP contribution in [0.3, 0.4) is 0 Å². The van der Waals surface area contributed by atoms with Gasteiger partial charge >= 0.3 is 6.09 Å². The van der Waals surface area contributed by atoms with E-state index in [4.69, 9.17) is 4.74 Å². The number of hydrogen-bond donors (Lipinski definition) is 0. The van der Waals surface area contributed by atoms with Crippen molar-refractivity contribution in [2.24, 2.45) is 0 Å². The Kier molecular flexibility index (Phi) is 4.73. The minimum atomic E-state index is -1.23. The van der Waals surface area contributed by atoms with Gasteiger partial charge in [0.05, 0.1) is 11.9 Å². The van der Waals surface area contributed by atoms with Crippen LogP contribution in [0.2, 0.25) is 0 Å². The summed E-state index contributed by atoms with van der Waals surface area (Å²) >= 11 is 0. The molecule has 1 saturated heterocycles. The first-order valence-corrected chi connectivity index (χ1v) is 8.57. The van der Waals surface area contributed by atoms with Crippen LogP contribution in [0.4, 0.5) is 4.79 Å². The SMILES string of the molecule is Cc1ccccc1-n1cc(CN(C)C(=O)CN2C(=O)OC(C)(C)C2=O)cn1. The number of carbonyl (C=O) groups excluding carboxylic acids is 3. The molecule has 27 heavy (non-hydrogen) atoms. The zero-order valence-corrected chi connectivity index (χ0v) is 15.8. The first kappa shape index (κ1) is 18.6. The van der Waals surface area contributed by atoms with Crippen LogP contribution in [0.25, 0.3) is 5.69 Å². The lowest BCUT2D eigenvalue weighted by atomic mass is 10.1. The van der Waals surface area contributed by atoms with Crippen molar-refractivity contribution in [3.63, 3.8) is 0 Å². The van der Waals surface area contributed by atoms with E-state index in [2.05, 4.69) is 5.10 Å². The molecule has 2 aromatic rings. The molecular formula is C19H22N4O4. The maximum absolute atomic E-state index is 12.4. The Balaban J connectivity index is 1.65. The van der Waals surface area contributed by atoms with Crippen LogP contribution in [0.15, 0.2) is 36.7 Å². The number of benzene rings is 1. The van der Waals surface area contributed by atoms with Crippen LogP contribution >= 0.6 is 0 Å². The molecule has 142 valence electrons. The van der Waals surface area contributed by atoms with Gasteiger partial charge in [0.1, 0.15) is 6.54 Å². The Morgan fingerprint density at radius 3 is 2.59 bits per heavy atom. The summed E-state index contributed by atoms with van der Waals surface area (Å²) in [6.45, 7) is 4.97. The van der Waals surface area contributed by atoms with Gasteiger partial charge in [-0.2, -0.15) is 5.10 Å². The van der Waals surface area contributed by atoms with E-state index in [1.54, 1.807) is 17.9 Å². The highest BCUT2D eigenvalue weighted by Gasteiger charge is 2.47. The maximum Gasteiger partial charge on any atom is 0.418 e. The Labute approximate surface area is 157 Å². The van der Waals surface area contributed by atoms with Crippen molar-refractivity contribution in [2.45, 2.75) is 32.9 Å². The minimum absolute atomic E-state index is 0.311. The van der Waals surface area contributed by atoms with E-state index in [0.717, 1.165) is 21.7 Å². The molecular weight excluding hydrogens is 348 g/mol. The van der Waals surface area contributed by atoms with Gasteiger partial charge in [0.2, 0.25) is 5.91 Å². The molecule has 0 atom stereocenters. The first-order chi connectivity index (χ1) is 12.7. The average molecular weight is 370 g/mol. The number of nitrogens with zero attached hydrogens (tertiary/aromatic N) is 4. The van der Waals surface area contributed by atoms with Gasteiger partial charge in [-0.15, -0.1) is 0 Å².